The normalized spacial score (nSPS) is 29.4. The average molecular weight is 143 g/mol. The molecule has 0 aromatic rings. The first-order valence-electron chi connectivity index (χ1n) is 4.00. The Kier molecular flexibility index (Phi) is 2.69. The number of hydrogen-bond acceptors (Lipinski definition) is 2. The fourth-order valence-corrected chi connectivity index (χ4v) is 1.41. The summed E-state index contributed by atoms with van der Waals surface area (Å²) in [5.41, 5.74) is 0. The van der Waals surface area contributed by atoms with Gasteiger partial charge in [0.2, 0.25) is 0 Å². The maximum atomic E-state index is 5.37. The Morgan fingerprint density at radius 2 is 2.20 bits per heavy atom. The van der Waals surface area contributed by atoms with Crippen molar-refractivity contribution in [2.75, 3.05) is 26.8 Å². The molecule has 0 amide bonds. The average Bonchev–Trinajstić information content (AvgIpc) is 1.88. The van der Waals surface area contributed by atoms with Gasteiger partial charge in [0, 0.05) is 12.6 Å². The third-order valence-electron chi connectivity index (χ3n) is 2.21. The first-order valence-corrected chi connectivity index (χ1v) is 4.00. The summed E-state index contributed by atoms with van der Waals surface area (Å²) in [6, 6.07) is 0.633. The summed E-state index contributed by atoms with van der Waals surface area (Å²) in [6.45, 7) is 7.39. The molecule has 2 nitrogen and oxygen atoms in total. The van der Waals surface area contributed by atoms with Crippen molar-refractivity contribution in [3.63, 3.8) is 0 Å². The van der Waals surface area contributed by atoms with E-state index < -0.39 is 0 Å². The highest BCUT2D eigenvalue weighted by molar-refractivity contribution is 4.74. The van der Waals surface area contributed by atoms with Gasteiger partial charge in [0.05, 0.1) is 13.2 Å². The van der Waals surface area contributed by atoms with Crippen molar-refractivity contribution in [1.82, 2.24) is 4.90 Å². The van der Waals surface area contributed by atoms with Crippen LogP contribution in [-0.4, -0.2) is 37.7 Å². The van der Waals surface area contributed by atoms with Gasteiger partial charge >= 0.3 is 0 Å². The summed E-state index contributed by atoms with van der Waals surface area (Å²) >= 11 is 0. The molecule has 0 radical (unpaired) electrons. The standard InChI is InChI=1S/C8H17NO/c1-7(2)8-6-10-5-4-9(8)3/h7-8H,4-6H2,1-3H3. The van der Waals surface area contributed by atoms with Crippen LogP contribution in [0, 0.1) is 5.92 Å². The molecule has 0 saturated carbocycles. The molecular formula is C8H17NO. The summed E-state index contributed by atoms with van der Waals surface area (Å²) in [5.74, 6) is 0.713. The minimum atomic E-state index is 0.633. The summed E-state index contributed by atoms with van der Waals surface area (Å²) < 4.78 is 5.37. The Balaban J connectivity index is 2.40. The van der Waals surface area contributed by atoms with E-state index in [1.165, 1.54) is 0 Å². The molecule has 1 atom stereocenters. The molecule has 1 rings (SSSR count). The second-order valence-corrected chi connectivity index (χ2v) is 3.37. The Hall–Kier alpha value is -0.0800. The maximum absolute atomic E-state index is 5.37. The van der Waals surface area contributed by atoms with Gasteiger partial charge in [-0.25, -0.2) is 0 Å². The first-order chi connectivity index (χ1) is 4.72. The van der Waals surface area contributed by atoms with Gasteiger partial charge in [0.1, 0.15) is 0 Å². The lowest BCUT2D eigenvalue weighted by Gasteiger charge is -2.34. The molecule has 1 aliphatic heterocycles. The Labute approximate surface area is 63.2 Å². The van der Waals surface area contributed by atoms with E-state index in [2.05, 4.69) is 25.8 Å². The Morgan fingerprint density at radius 1 is 1.50 bits per heavy atom. The smallest absolute Gasteiger partial charge is 0.0624 e. The zero-order valence-electron chi connectivity index (χ0n) is 7.13. The molecule has 10 heavy (non-hydrogen) atoms. The second kappa shape index (κ2) is 3.35. The van der Waals surface area contributed by atoms with Crippen LogP contribution in [0.3, 0.4) is 0 Å². The van der Waals surface area contributed by atoms with Crippen LogP contribution in [0.5, 0.6) is 0 Å². The maximum Gasteiger partial charge on any atom is 0.0624 e. The molecular weight excluding hydrogens is 126 g/mol. The number of ether oxygens (including phenoxy) is 1. The van der Waals surface area contributed by atoms with Gasteiger partial charge < -0.3 is 4.74 Å². The molecule has 0 aliphatic carbocycles. The molecule has 1 heterocycles. The van der Waals surface area contributed by atoms with E-state index in [1.54, 1.807) is 0 Å². The van der Waals surface area contributed by atoms with Gasteiger partial charge in [-0.05, 0) is 13.0 Å². The summed E-state index contributed by atoms with van der Waals surface area (Å²) in [4.78, 5) is 2.38. The van der Waals surface area contributed by atoms with E-state index >= 15 is 0 Å². The van der Waals surface area contributed by atoms with Crippen molar-refractivity contribution in [1.29, 1.82) is 0 Å². The van der Waals surface area contributed by atoms with Crippen molar-refractivity contribution >= 4 is 0 Å². The molecule has 0 aromatic carbocycles. The van der Waals surface area contributed by atoms with Crippen LogP contribution in [0.15, 0.2) is 0 Å². The van der Waals surface area contributed by atoms with Crippen LogP contribution >= 0.6 is 0 Å². The number of rotatable bonds is 1. The van der Waals surface area contributed by atoms with Gasteiger partial charge in [-0.1, -0.05) is 13.8 Å². The number of likely N-dealkylation sites (N-methyl/N-ethyl adjacent to an activating group) is 1. The fourth-order valence-electron chi connectivity index (χ4n) is 1.41. The van der Waals surface area contributed by atoms with Gasteiger partial charge in [-0.15, -0.1) is 0 Å². The molecule has 1 fully saturated rings. The molecule has 1 unspecified atom stereocenters. The zero-order valence-corrected chi connectivity index (χ0v) is 7.13. The van der Waals surface area contributed by atoms with Gasteiger partial charge in [-0.3, -0.25) is 4.90 Å². The number of morpholine rings is 1. The van der Waals surface area contributed by atoms with Gasteiger partial charge in [0.25, 0.3) is 0 Å². The lowest BCUT2D eigenvalue weighted by atomic mass is 10.0. The summed E-state index contributed by atoms with van der Waals surface area (Å²) in [5, 5.41) is 0. The fraction of sp³-hybridized carbons (Fsp3) is 1.00. The molecule has 0 bridgehead atoms. The van der Waals surface area contributed by atoms with Crippen LogP contribution < -0.4 is 0 Å². The van der Waals surface area contributed by atoms with E-state index in [4.69, 9.17) is 4.74 Å². The Bertz CT molecular complexity index is 103. The number of hydrogen-bond donors (Lipinski definition) is 0. The molecule has 2 heteroatoms. The summed E-state index contributed by atoms with van der Waals surface area (Å²) in [7, 11) is 2.17. The van der Waals surface area contributed by atoms with E-state index in [0.29, 0.717) is 12.0 Å². The van der Waals surface area contributed by atoms with Crippen molar-refractivity contribution < 1.29 is 4.74 Å². The van der Waals surface area contributed by atoms with E-state index in [0.717, 1.165) is 19.8 Å². The van der Waals surface area contributed by atoms with Gasteiger partial charge in [0.15, 0.2) is 0 Å². The summed E-state index contributed by atoms with van der Waals surface area (Å²) in [6.07, 6.45) is 0. The largest absolute Gasteiger partial charge is 0.378 e. The van der Waals surface area contributed by atoms with Gasteiger partial charge in [-0.2, -0.15) is 0 Å². The van der Waals surface area contributed by atoms with Crippen molar-refractivity contribution in [2.24, 2.45) is 5.92 Å². The zero-order chi connectivity index (χ0) is 7.56. The number of nitrogens with zero attached hydrogens (tertiary/aromatic N) is 1. The predicted molar refractivity (Wildman–Crippen MR) is 42.1 cm³/mol. The molecule has 1 saturated heterocycles. The monoisotopic (exact) mass is 143 g/mol. The van der Waals surface area contributed by atoms with Crippen LogP contribution in [0.1, 0.15) is 13.8 Å². The van der Waals surface area contributed by atoms with Crippen molar-refractivity contribution in [3.8, 4) is 0 Å². The third kappa shape index (κ3) is 1.70. The first kappa shape index (κ1) is 8.02. The molecule has 1 aliphatic rings. The van der Waals surface area contributed by atoms with Crippen molar-refractivity contribution in [3.05, 3.63) is 0 Å². The van der Waals surface area contributed by atoms with Crippen LogP contribution in [0.25, 0.3) is 0 Å². The van der Waals surface area contributed by atoms with Crippen LogP contribution in [0.2, 0.25) is 0 Å². The minimum absolute atomic E-state index is 0.633. The highest BCUT2D eigenvalue weighted by atomic mass is 16.5. The molecule has 0 aromatic heterocycles. The minimum Gasteiger partial charge on any atom is -0.378 e. The van der Waals surface area contributed by atoms with Crippen LogP contribution in [0.4, 0.5) is 0 Å². The highest BCUT2D eigenvalue weighted by Gasteiger charge is 2.21. The lowest BCUT2D eigenvalue weighted by molar-refractivity contribution is -0.0111. The molecule has 0 spiro atoms. The highest BCUT2D eigenvalue weighted by Crippen LogP contribution is 2.12. The predicted octanol–water partition coefficient (Wildman–Crippen LogP) is 0.973. The van der Waals surface area contributed by atoms with E-state index in [1.807, 2.05) is 0 Å². The van der Waals surface area contributed by atoms with E-state index in [-0.39, 0.29) is 0 Å². The molecule has 60 valence electrons. The SMILES string of the molecule is CC(C)C1COCCN1C. The lowest BCUT2D eigenvalue weighted by Crippen LogP contribution is -2.45. The van der Waals surface area contributed by atoms with Crippen LogP contribution in [-0.2, 0) is 4.74 Å². The topological polar surface area (TPSA) is 12.5 Å². The molecule has 0 N–H and O–H groups in total. The van der Waals surface area contributed by atoms with E-state index in [9.17, 15) is 0 Å². The quantitative estimate of drug-likeness (QED) is 0.542. The Morgan fingerprint density at radius 3 is 2.60 bits per heavy atom. The third-order valence-corrected chi connectivity index (χ3v) is 2.21. The second-order valence-electron chi connectivity index (χ2n) is 3.37. The van der Waals surface area contributed by atoms with Crippen molar-refractivity contribution in [2.45, 2.75) is 19.9 Å².